The summed E-state index contributed by atoms with van der Waals surface area (Å²) < 4.78 is 0. The van der Waals surface area contributed by atoms with Crippen LogP contribution in [0.25, 0.3) is 10.9 Å². The van der Waals surface area contributed by atoms with Gasteiger partial charge in [0.2, 0.25) is 17.7 Å². The number of aromatic amines is 1. The van der Waals surface area contributed by atoms with Crippen molar-refractivity contribution in [3.8, 4) is 0 Å². The number of carboxylic acids is 3. The van der Waals surface area contributed by atoms with E-state index in [4.69, 9.17) is 22.3 Å². The first-order chi connectivity index (χ1) is 19.8. The molecule has 0 fully saturated rings. The predicted octanol–water partition coefficient (Wildman–Crippen LogP) is -2.42. The monoisotopic (exact) mass is 590 g/mol. The zero-order valence-electron chi connectivity index (χ0n) is 22.4. The minimum absolute atomic E-state index is 0.0508. The lowest BCUT2D eigenvalue weighted by atomic mass is 10.0. The summed E-state index contributed by atoms with van der Waals surface area (Å²) in [5.74, 6) is -7.49. The first-order valence-electron chi connectivity index (χ1n) is 12.7. The lowest BCUT2D eigenvalue weighted by Gasteiger charge is -2.24. The number of H-pyrrole nitrogens is 1. The Morgan fingerprint density at radius 1 is 0.833 bits per heavy atom. The van der Waals surface area contributed by atoms with Crippen molar-refractivity contribution in [1.82, 2.24) is 20.9 Å². The molecule has 17 nitrogen and oxygen atoms in total. The van der Waals surface area contributed by atoms with Crippen LogP contribution in [0.15, 0.2) is 35.5 Å². The zero-order chi connectivity index (χ0) is 31.4. The van der Waals surface area contributed by atoms with E-state index in [0.29, 0.717) is 10.9 Å². The normalized spacial score (nSPS) is 13.6. The molecule has 2 aromatic rings. The molecule has 228 valence electrons. The Balaban J connectivity index is 2.31. The van der Waals surface area contributed by atoms with E-state index in [1.165, 1.54) is 0 Å². The van der Waals surface area contributed by atoms with Crippen molar-refractivity contribution in [3.05, 3.63) is 36.0 Å². The lowest BCUT2D eigenvalue weighted by molar-refractivity contribution is -0.143. The maximum Gasteiger partial charge on any atom is 0.326 e. The minimum Gasteiger partial charge on any atom is -0.481 e. The van der Waals surface area contributed by atoms with Crippen LogP contribution in [0, 0.1) is 0 Å². The van der Waals surface area contributed by atoms with Crippen LogP contribution in [0.4, 0.5) is 0 Å². The van der Waals surface area contributed by atoms with E-state index in [2.05, 4.69) is 25.9 Å². The van der Waals surface area contributed by atoms with Crippen LogP contribution in [0.3, 0.4) is 0 Å². The van der Waals surface area contributed by atoms with Crippen LogP contribution in [0.5, 0.6) is 0 Å². The number of aliphatic carboxylic acids is 3. The summed E-state index contributed by atoms with van der Waals surface area (Å²) in [6.45, 7) is 0.109. The molecule has 0 bridgehead atoms. The molecule has 13 N–H and O–H groups in total. The average molecular weight is 591 g/mol. The highest BCUT2D eigenvalue weighted by atomic mass is 16.4. The first kappa shape index (κ1) is 33.0. The number of carbonyl (C=O) groups excluding carboxylic acids is 3. The Hall–Kier alpha value is -5.19. The second-order valence-electron chi connectivity index (χ2n) is 9.34. The van der Waals surface area contributed by atoms with E-state index in [-0.39, 0.29) is 31.8 Å². The molecule has 0 aliphatic rings. The van der Waals surface area contributed by atoms with E-state index in [9.17, 15) is 39.0 Å². The molecule has 0 spiro atoms. The number of rotatable bonds is 17. The summed E-state index contributed by atoms with van der Waals surface area (Å²) >= 11 is 0. The molecule has 2 rings (SSSR count). The number of benzene rings is 1. The van der Waals surface area contributed by atoms with Gasteiger partial charge in [-0.1, -0.05) is 18.2 Å². The highest BCUT2D eigenvalue weighted by Crippen LogP contribution is 2.19. The Bertz CT molecular complexity index is 1340. The number of hydrogen-bond donors (Lipinski definition) is 10. The van der Waals surface area contributed by atoms with Crippen molar-refractivity contribution in [2.45, 2.75) is 56.3 Å². The van der Waals surface area contributed by atoms with Crippen LogP contribution >= 0.6 is 0 Å². The fourth-order valence-corrected chi connectivity index (χ4v) is 3.98. The average Bonchev–Trinajstić information content (AvgIpc) is 3.31. The standard InChI is InChI=1S/C25H34N8O9/c26-14(9-19(34)35)21(38)32-18(10-20(36)37)23(40)33-17(8-12-11-30-15-5-2-1-4-13(12)15)22(39)31-16(24(41)42)6-3-7-29-25(27)28/h1-2,4-5,11,14,16-18,30H,3,6-10,26H2,(H,31,39)(H,32,38)(H,33,40)(H,34,35)(H,36,37)(H,41,42)(H4,27,28,29)/t14-,16-,17-,18-/m0/s1. The number of guanidine groups is 1. The number of para-hydroxylation sites is 1. The van der Waals surface area contributed by atoms with Gasteiger partial charge in [-0.3, -0.25) is 29.0 Å². The Kier molecular flexibility index (Phi) is 12.2. The molecule has 1 aromatic heterocycles. The fraction of sp³-hybridized carbons (Fsp3) is 0.400. The lowest BCUT2D eigenvalue weighted by Crippen LogP contribution is -2.58. The zero-order valence-corrected chi connectivity index (χ0v) is 22.4. The van der Waals surface area contributed by atoms with Crippen LogP contribution < -0.4 is 33.2 Å². The van der Waals surface area contributed by atoms with Gasteiger partial charge in [-0.2, -0.15) is 0 Å². The quantitative estimate of drug-likeness (QED) is 0.0523. The summed E-state index contributed by atoms with van der Waals surface area (Å²) in [6.07, 6.45) is -0.0841. The molecule has 17 heteroatoms. The van der Waals surface area contributed by atoms with Gasteiger partial charge in [0, 0.05) is 30.1 Å². The van der Waals surface area contributed by atoms with Crippen molar-refractivity contribution < 1.29 is 44.1 Å². The number of carbonyl (C=O) groups is 6. The minimum atomic E-state index is -1.73. The van der Waals surface area contributed by atoms with Crippen LogP contribution in [0.1, 0.15) is 31.2 Å². The molecule has 1 aromatic carbocycles. The molecule has 0 saturated carbocycles. The third kappa shape index (κ3) is 10.4. The smallest absolute Gasteiger partial charge is 0.326 e. The Morgan fingerprint density at radius 3 is 2.05 bits per heavy atom. The van der Waals surface area contributed by atoms with Gasteiger partial charge in [-0.25, -0.2) is 4.79 Å². The Morgan fingerprint density at radius 2 is 1.43 bits per heavy atom. The van der Waals surface area contributed by atoms with Crippen LogP contribution in [0.2, 0.25) is 0 Å². The number of aromatic nitrogens is 1. The SMILES string of the molecule is NC(N)=NCCC[C@H](NC(=O)[C@H](Cc1c[nH]c2ccccc12)NC(=O)[C@H](CC(=O)O)NC(=O)[C@@H](N)CC(=O)O)C(=O)O. The summed E-state index contributed by atoms with van der Waals surface area (Å²) in [6, 6.07) is 0.970. The fourth-order valence-electron chi connectivity index (χ4n) is 3.98. The molecule has 0 aliphatic carbocycles. The van der Waals surface area contributed by atoms with Gasteiger partial charge in [-0.05, 0) is 24.5 Å². The highest BCUT2D eigenvalue weighted by Gasteiger charge is 2.32. The predicted molar refractivity (Wildman–Crippen MR) is 148 cm³/mol. The summed E-state index contributed by atoms with van der Waals surface area (Å²) in [4.78, 5) is 79.8. The number of fused-ring (bicyclic) bond motifs is 1. The molecule has 0 radical (unpaired) electrons. The van der Waals surface area contributed by atoms with E-state index in [1.54, 1.807) is 30.5 Å². The van der Waals surface area contributed by atoms with E-state index in [0.717, 1.165) is 5.52 Å². The van der Waals surface area contributed by atoms with Crippen molar-refractivity contribution >= 4 is 52.5 Å². The maximum atomic E-state index is 13.3. The number of amides is 3. The molecular weight excluding hydrogens is 556 g/mol. The van der Waals surface area contributed by atoms with Gasteiger partial charge in [0.05, 0.1) is 18.9 Å². The maximum absolute atomic E-state index is 13.3. The molecule has 42 heavy (non-hydrogen) atoms. The van der Waals surface area contributed by atoms with Crippen molar-refractivity contribution in [3.63, 3.8) is 0 Å². The molecule has 3 amide bonds. The molecule has 0 aliphatic heterocycles. The number of nitrogens with one attached hydrogen (secondary N) is 4. The van der Waals surface area contributed by atoms with Gasteiger partial charge < -0.3 is 53.5 Å². The third-order valence-electron chi connectivity index (χ3n) is 6.03. The van der Waals surface area contributed by atoms with Crippen molar-refractivity contribution in [2.24, 2.45) is 22.2 Å². The first-order valence-corrected chi connectivity index (χ1v) is 12.7. The molecule has 4 atom stereocenters. The van der Waals surface area contributed by atoms with Gasteiger partial charge in [-0.15, -0.1) is 0 Å². The summed E-state index contributed by atoms with van der Waals surface area (Å²) in [5.41, 5.74) is 17.4. The van der Waals surface area contributed by atoms with Crippen molar-refractivity contribution in [1.29, 1.82) is 0 Å². The van der Waals surface area contributed by atoms with E-state index >= 15 is 0 Å². The van der Waals surface area contributed by atoms with E-state index < -0.39 is 72.6 Å². The molecule has 0 unspecified atom stereocenters. The number of carboxylic acid groups (broad SMARTS) is 3. The molecule has 0 saturated heterocycles. The van der Waals surface area contributed by atoms with Crippen LogP contribution in [-0.4, -0.2) is 92.6 Å². The number of nitrogens with zero attached hydrogens (tertiary/aromatic N) is 1. The van der Waals surface area contributed by atoms with Crippen molar-refractivity contribution in [2.75, 3.05) is 6.54 Å². The second-order valence-corrected chi connectivity index (χ2v) is 9.34. The second kappa shape index (κ2) is 15.6. The van der Waals surface area contributed by atoms with Gasteiger partial charge >= 0.3 is 17.9 Å². The topological polar surface area (TPSA) is 305 Å². The Labute approximate surface area is 238 Å². The molecule has 1 heterocycles. The number of hydrogen-bond acceptors (Lipinski definition) is 8. The summed E-state index contributed by atoms with van der Waals surface area (Å²) in [5, 5.41) is 35.4. The summed E-state index contributed by atoms with van der Waals surface area (Å²) in [7, 11) is 0. The van der Waals surface area contributed by atoms with Gasteiger partial charge in [0.15, 0.2) is 5.96 Å². The van der Waals surface area contributed by atoms with Crippen LogP contribution in [-0.2, 0) is 35.2 Å². The highest BCUT2D eigenvalue weighted by molar-refractivity contribution is 5.96. The third-order valence-corrected chi connectivity index (χ3v) is 6.03. The number of nitrogens with two attached hydrogens (primary N) is 3. The molecular formula is C25H34N8O9. The largest absolute Gasteiger partial charge is 0.481 e. The van der Waals surface area contributed by atoms with Gasteiger partial charge in [0.25, 0.3) is 0 Å². The van der Waals surface area contributed by atoms with E-state index in [1.807, 2.05) is 0 Å². The number of aliphatic imine (C=N–C) groups is 1. The van der Waals surface area contributed by atoms with Gasteiger partial charge in [0.1, 0.15) is 18.1 Å².